The lowest BCUT2D eigenvalue weighted by atomic mass is 9.79. The largest absolute Gasteiger partial charge is 0.496 e. The Labute approximate surface area is 186 Å². The van der Waals surface area contributed by atoms with Gasteiger partial charge in [-0.25, -0.2) is 9.98 Å². The molecule has 0 fully saturated rings. The van der Waals surface area contributed by atoms with E-state index in [-0.39, 0.29) is 0 Å². The summed E-state index contributed by atoms with van der Waals surface area (Å²) in [5.74, 6) is 1.22. The number of hydrogen-bond donors (Lipinski definition) is 1. The zero-order chi connectivity index (χ0) is 22.3. The van der Waals surface area contributed by atoms with Crippen LogP contribution in [0.2, 0.25) is 0 Å². The Hall–Kier alpha value is -4.13. The Balaban J connectivity index is 1.82. The number of aromatic nitrogens is 4. The second kappa shape index (κ2) is 7.53. The van der Waals surface area contributed by atoms with Crippen LogP contribution in [-0.2, 0) is 5.54 Å². The highest BCUT2D eigenvalue weighted by Crippen LogP contribution is 2.46. The number of methoxy groups -OCH3 is 1. The Morgan fingerprint density at radius 2 is 1.62 bits per heavy atom. The number of aryl methyl sites for hydroxylation is 2. The zero-order valence-corrected chi connectivity index (χ0v) is 18.1. The van der Waals surface area contributed by atoms with Gasteiger partial charge in [0.1, 0.15) is 23.0 Å². The molecule has 0 spiro atoms. The average molecular weight is 422 g/mol. The Morgan fingerprint density at radius 1 is 0.875 bits per heavy atom. The van der Waals surface area contributed by atoms with Crippen LogP contribution in [0.1, 0.15) is 33.6 Å². The Morgan fingerprint density at radius 3 is 2.34 bits per heavy atom. The van der Waals surface area contributed by atoms with E-state index in [1.807, 2.05) is 32.0 Å². The lowest BCUT2D eigenvalue weighted by Crippen LogP contribution is -2.27. The highest BCUT2D eigenvalue weighted by Gasteiger charge is 2.45. The molecule has 0 bridgehead atoms. The number of benzene rings is 2. The lowest BCUT2D eigenvalue weighted by Gasteiger charge is -2.29. The number of hydrogen-bond acceptors (Lipinski definition) is 7. The van der Waals surface area contributed by atoms with Crippen LogP contribution in [0, 0.1) is 13.8 Å². The summed E-state index contributed by atoms with van der Waals surface area (Å²) in [6.07, 6.45) is 8.40. The van der Waals surface area contributed by atoms with E-state index in [1.54, 1.807) is 38.1 Å². The maximum absolute atomic E-state index is 6.38. The second-order valence-electron chi connectivity index (χ2n) is 7.78. The summed E-state index contributed by atoms with van der Waals surface area (Å²) in [6.45, 7) is 4.05. The number of nitrogens with two attached hydrogens (primary N) is 1. The van der Waals surface area contributed by atoms with E-state index >= 15 is 0 Å². The summed E-state index contributed by atoms with van der Waals surface area (Å²) < 4.78 is 5.60. The van der Waals surface area contributed by atoms with Gasteiger partial charge in [0.15, 0.2) is 5.54 Å². The topological polar surface area (TPSA) is 99.2 Å². The predicted molar refractivity (Wildman–Crippen MR) is 123 cm³/mol. The van der Waals surface area contributed by atoms with Gasteiger partial charge in [0.25, 0.3) is 0 Å². The van der Waals surface area contributed by atoms with Crippen molar-refractivity contribution in [3.05, 3.63) is 101 Å². The van der Waals surface area contributed by atoms with E-state index in [2.05, 4.69) is 33.2 Å². The van der Waals surface area contributed by atoms with Crippen molar-refractivity contribution in [2.24, 2.45) is 10.7 Å². The molecule has 2 aromatic carbocycles. The van der Waals surface area contributed by atoms with Crippen molar-refractivity contribution in [3.63, 3.8) is 0 Å². The third kappa shape index (κ3) is 2.93. The molecule has 1 aliphatic rings. The van der Waals surface area contributed by atoms with Crippen molar-refractivity contribution in [1.82, 2.24) is 19.9 Å². The second-order valence-corrected chi connectivity index (χ2v) is 7.78. The standard InChI is InChI=1S/C25H22N6O/c1-15-11-19(12-16(2)22(15)32-3)25(23-21(24(26)31-25)29-9-10-30-23)18-6-4-5-17(13-18)20-14-27-7-8-28-20/h4-14H,1-3H3,(H2,26,31)/t25-/m0/s1. The first-order valence-electron chi connectivity index (χ1n) is 10.2. The third-order valence-corrected chi connectivity index (χ3v) is 5.79. The van der Waals surface area contributed by atoms with E-state index in [0.29, 0.717) is 17.2 Å². The van der Waals surface area contributed by atoms with Crippen molar-refractivity contribution in [1.29, 1.82) is 0 Å². The maximum atomic E-state index is 6.38. The number of nitrogens with zero attached hydrogens (tertiary/aromatic N) is 5. The first-order chi connectivity index (χ1) is 15.5. The number of amidine groups is 1. The molecule has 7 nitrogen and oxygen atoms in total. The first-order valence-corrected chi connectivity index (χ1v) is 10.2. The van der Waals surface area contributed by atoms with Crippen molar-refractivity contribution >= 4 is 5.84 Å². The molecule has 32 heavy (non-hydrogen) atoms. The van der Waals surface area contributed by atoms with Crippen molar-refractivity contribution in [2.45, 2.75) is 19.4 Å². The maximum Gasteiger partial charge on any atom is 0.157 e. The molecule has 0 radical (unpaired) electrons. The highest BCUT2D eigenvalue weighted by atomic mass is 16.5. The van der Waals surface area contributed by atoms with Crippen LogP contribution >= 0.6 is 0 Å². The molecule has 158 valence electrons. The molecule has 0 saturated heterocycles. The highest BCUT2D eigenvalue weighted by molar-refractivity contribution is 6.01. The molecule has 0 aliphatic carbocycles. The fourth-order valence-corrected chi connectivity index (χ4v) is 4.48. The minimum Gasteiger partial charge on any atom is -0.496 e. The van der Waals surface area contributed by atoms with Crippen LogP contribution in [0.25, 0.3) is 11.3 Å². The number of ether oxygens (including phenoxy) is 1. The first kappa shape index (κ1) is 19.8. The zero-order valence-electron chi connectivity index (χ0n) is 18.1. The quantitative estimate of drug-likeness (QED) is 0.540. The summed E-state index contributed by atoms with van der Waals surface area (Å²) in [6, 6.07) is 12.3. The number of fused-ring (bicyclic) bond motifs is 1. The third-order valence-electron chi connectivity index (χ3n) is 5.79. The smallest absolute Gasteiger partial charge is 0.157 e. The molecule has 4 aromatic rings. The van der Waals surface area contributed by atoms with Gasteiger partial charge in [-0.3, -0.25) is 15.0 Å². The molecule has 5 rings (SSSR count). The van der Waals surface area contributed by atoms with Crippen LogP contribution in [0.5, 0.6) is 5.75 Å². The van der Waals surface area contributed by atoms with Gasteiger partial charge in [-0.15, -0.1) is 0 Å². The summed E-state index contributed by atoms with van der Waals surface area (Å²) in [7, 11) is 1.68. The minimum absolute atomic E-state index is 0.365. The fraction of sp³-hybridized carbons (Fsp3) is 0.160. The number of aliphatic imine (C=N–C) groups is 1. The van der Waals surface area contributed by atoms with Crippen LogP contribution < -0.4 is 10.5 Å². The SMILES string of the molecule is COc1c(C)cc([C@]2(c3cccc(-c4cnccn4)c3)N=C(N)c3nccnc32)cc1C. The summed E-state index contributed by atoms with van der Waals surface area (Å²) >= 11 is 0. The van der Waals surface area contributed by atoms with Gasteiger partial charge in [0.2, 0.25) is 0 Å². The van der Waals surface area contributed by atoms with Gasteiger partial charge in [0, 0.05) is 30.4 Å². The van der Waals surface area contributed by atoms with E-state index in [9.17, 15) is 0 Å². The molecule has 2 N–H and O–H groups in total. The van der Waals surface area contributed by atoms with Gasteiger partial charge in [-0.1, -0.05) is 18.2 Å². The van der Waals surface area contributed by atoms with Crippen LogP contribution in [-0.4, -0.2) is 32.9 Å². The minimum atomic E-state index is -0.937. The van der Waals surface area contributed by atoms with Gasteiger partial charge in [0.05, 0.1) is 19.0 Å². The summed E-state index contributed by atoms with van der Waals surface area (Å²) in [5.41, 5.74) is 12.4. The molecular formula is C25H22N6O. The van der Waals surface area contributed by atoms with Crippen LogP contribution in [0.15, 0.2) is 72.4 Å². The molecule has 7 heteroatoms. The molecular weight excluding hydrogens is 400 g/mol. The molecule has 1 aliphatic heterocycles. The molecule has 0 amide bonds. The van der Waals surface area contributed by atoms with E-state index < -0.39 is 5.54 Å². The van der Waals surface area contributed by atoms with Crippen LogP contribution in [0.4, 0.5) is 0 Å². The van der Waals surface area contributed by atoms with Crippen LogP contribution in [0.3, 0.4) is 0 Å². The summed E-state index contributed by atoms with van der Waals surface area (Å²) in [5, 5.41) is 0. The molecule has 0 unspecified atom stereocenters. The van der Waals surface area contributed by atoms with E-state index in [0.717, 1.165) is 39.3 Å². The van der Waals surface area contributed by atoms with Gasteiger partial charge in [-0.2, -0.15) is 0 Å². The summed E-state index contributed by atoms with van der Waals surface area (Å²) in [4.78, 5) is 22.8. The van der Waals surface area contributed by atoms with E-state index in [1.165, 1.54) is 0 Å². The lowest BCUT2D eigenvalue weighted by molar-refractivity contribution is 0.408. The predicted octanol–water partition coefficient (Wildman–Crippen LogP) is 3.57. The van der Waals surface area contributed by atoms with Crippen molar-refractivity contribution in [2.75, 3.05) is 7.11 Å². The normalized spacial score (nSPS) is 17.0. The fourth-order valence-electron chi connectivity index (χ4n) is 4.48. The molecule has 0 saturated carbocycles. The Bertz CT molecular complexity index is 1330. The van der Waals surface area contributed by atoms with Gasteiger partial charge >= 0.3 is 0 Å². The monoisotopic (exact) mass is 422 g/mol. The van der Waals surface area contributed by atoms with Gasteiger partial charge < -0.3 is 10.5 Å². The molecule has 1 atom stereocenters. The molecule has 2 aromatic heterocycles. The van der Waals surface area contributed by atoms with E-state index in [4.69, 9.17) is 20.4 Å². The average Bonchev–Trinajstić information content (AvgIpc) is 3.13. The van der Waals surface area contributed by atoms with Crippen molar-refractivity contribution < 1.29 is 4.74 Å². The van der Waals surface area contributed by atoms with Gasteiger partial charge in [-0.05, 0) is 54.3 Å². The Kier molecular flexibility index (Phi) is 4.66. The van der Waals surface area contributed by atoms with Crippen molar-refractivity contribution in [3.8, 4) is 17.0 Å². The molecule has 3 heterocycles. The number of rotatable bonds is 4.